The molecule has 1 saturated heterocycles. The predicted molar refractivity (Wildman–Crippen MR) is 110 cm³/mol. The van der Waals surface area contributed by atoms with E-state index in [4.69, 9.17) is 17.5 Å². The zero-order chi connectivity index (χ0) is 20.2. The number of ether oxygens (including phenoxy) is 2. The van der Waals surface area contributed by atoms with E-state index in [1.165, 1.54) is 0 Å². The lowest BCUT2D eigenvalue weighted by Gasteiger charge is -2.22. The first kappa shape index (κ1) is 19.1. The molecule has 4 rings (SSSR count). The third-order valence-corrected chi connectivity index (χ3v) is 4.93. The van der Waals surface area contributed by atoms with Gasteiger partial charge in [-0.2, -0.15) is 0 Å². The first-order valence-corrected chi connectivity index (χ1v) is 9.40. The molecule has 2 N–H and O–H groups in total. The molecule has 0 unspecified atom stereocenters. The van der Waals surface area contributed by atoms with Crippen LogP contribution in [0, 0.1) is 0 Å². The Labute approximate surface area is 169 Å². The molecular weight excluding hydrogens is 371 g/mol. The maximum Gasteiger partial charge on any atom is 0.439 e. The van der Waals surface area contributed by atoms with Crippen molar-refractivity contribution in [1.82, 2.24) is 15.0 Å². The molecule has 2 aromatic carbocycles. The molecule has 9 heteroatoms. The summed E-state index contributed by atoms with van der Waals surface area (Å²) in [5.74, 6) is 1.72. The van der Waals surface area contributed by atoms with Crippen molar-refractivity contribution >= 4 is 13.7 Å². The number of hydrogen-bond donors (Lipinski definition) is 2. The van der Waals surface area contributed by atoms with Crippen molar-refractivity contribution in [1.29, 1.82) is 0 Å². The third-order valence-electron chi connectivity index (χ3n) is 4.93. The number of benzene rings is 2. The average Bonchev–Trinajstić information content (AvgIpc) is 3.35. The van der Waals surface area contributed by atoms with Gasteiger partial charge in [0.25, 0.3) is 0 Å². The van der Waals surface area contributed by atoms with Crippen LogP contribution < -0.4 is 20.5 Å². The van der Waals surface area contributed by atoms with E-state index in [-0.39, 0.29) is 6.04 Å². The van der Waals surface area contributed by atoms with Gasteiger partial charge in [-0.1, -0.05) is 5.16 Å². The van der Waals surface area contributed by atoms with E-state index < -0.39 is 5.76 Å². The molecule has 29 heavy (non-hydrogen) atoms. The van der Waals surface area contributed by atoms with E-state index in [2.05, 4.69) is 20.0 Å². The van der Waals surface area contributed by atoms with Crippen LogP contribution in [0.1, 0.15) is 12.8 Å². The quantitative estimate of drug-likeness (QED) is 0.598. The fraction of sp³-hybridized carbons (Fsp3) is 0.300. The van der Waals surface area contributed by atoms with Crippen molar-refractivity contribution in [3.05, 3.63) is 53.0 Å². The number of aromatic amines is 1. The number of anilines is 1. The zero-order valence-electron chi connectivity index (χ0n) is 16.1. The Bertz CT molecular complexity index is 1020. The van der Waals surface area contributed by atoms with Gasteiger partial charge in [-0.15, -0.1) is 0 Å². The molecule has 1 aromatic heterocycles. The topological polar surface area (TPSA) is 92.6 Å². The molecule has 3 aromatic rings. The summed E-state index contributed by atoms with van der Waals surface area (Å²) in [6, 6.07) is 13.1. The standard InChI is InChI=1S/C20H21BN4O4/c1-27-15-5-7-16(8-6-15)28-18-11-13(19-23-20(26)29-24-19)4-9-17(18)22-12-14-3-2-10-25(14)21/h4-9,11,14,22H,2-3,10,12H2,1H3,(H,23,24,26)/t14-/m0/s1. The first-order chi connectivity index (χ1) is 14.1. The van der Waals surface area contributed by atoms with Crippen molar-refractivity contribution in [3.63, 3.8) is 0 Å². The van der Waals surface area contributed by atoms with Crippen molar-refractivity contribution < 1.29 is 14.0 Å². The zero-order valence-corrected chi connectivity index (χ0v) is 16.1. The number of aromatic nitrogens is 2. The molecule has 2 radical (unpaired) electrons. The molecule has 0 amide bonds. The largest absolute Gasteiger partial charge is 0.497 e. The number of H-pyrrole nitrogens is 1. The van der Waals surface area contributed by atoms with Crippen molar-refractivity contribution in [2.24, 2.45) is 0 Å². The second-order valence-electron chi connectivity index (χ2n) is 6.85. The van der Waals surface area contributed by atoms with E-state index >= 15 is 0 Å². The van der Waals surface area contributed by atoms with Gasteiger partial charge in [0.2, 0.25) is 0 Å². The van der Waals surface area contributed by atoms with Crippen LogP contribution in [0.4, 0.5) is 5.69 Å². The molecule has 0 spiro atoms. The van der Waals surface area contributed by atoms with Crippen LogP contribution in [0.15, 0.2) is 51.8 Å². The average molecular weight is 392 g/mol. The molecule has 0 saturated carbocycles. The van der Waals surface area contributed by atoms with Crippen molar-refractivity contribution in [3.8, 4) is 28.6 Å². The Morgan fingerprint density at radius 1 is 1.28 bits per heavy atom. The van der Waals surface area contributed by atoms with E-state index in [1.54, 1.807) is 13.2 Å². The van der Waals surface area contributed by atoms with Crippen LogP contribution in [-0.4, -0.2) is 49.2 Å². The van der Waals surface area contributed by atoms with Gasteiger partial charge in [0.05, 0.1) is 12.8 Å². The maximum absolute atomic E-state index is 11.3. The number of nitrogens with one attached hydrogen (secondary N) is 2. The summed E-state index contributed by atoms with van der Waals surface area (Å²) in [5, 5.41) is 7.17. The SMILES string of the molecule is [B]N1CCC[C@H]1CNc1ccc(-c2noc(=O)[nH]2)cc1Oc1ccc(OC)cc1. The molecule has 8 nitrogen and oxygen atoms in total. The summed E-state index contributed by atoms with van der Waals surface area (Å²) in [5.41, 5.74) is 1.49. The Morgan fingerprint density at radius 2 is 2.07 bits per heavy atom. The van der Waals surface area contributed by atoms with Crippen LogP contribution in [0.25, 0.3) is 11.4 Å². The summed E-state index contributed by atoms with van der Waals surface area (Å²) in [7, 11) is 7.65. The molecule has 1 aliphatic heterocycles. The lowest BCUT2D eigenvalue weighted by molar-refractivity contribution is 0.388. The van der Waals surface area contributed by atoms with E-state index in [0.717, 1.165) is 30.8 Å². The van der Waals surface area contributed by atoms with Crippen LogP contribution in [-0.2, 0) is 0 Å². The maximum atomic E-state index is 11.3. The normalized spacial score (nSPS) is 16.7. The van der Waals surface area contributed by atoms with Gasteiger partial charge in [0, 0.05) is 18.2 Å². The highest BCUT2D eigenvalue weighted by atomic mass is 16.5. The highest BCUT2D eigenvalue weighted by Crippen LogP contribution is 2.34. The number of methoxy groups -OCH3 is 1. The molecule has 1 atom stereocenters. The second-order valence-corrected chi connectivity index (χ2v) is 6.85. The highest BCUT2D eigenvalue weighted by molar-refractivity contribution is 6.04. The summed E-state index contributed by atoms with van der Waals surface area (Å²) in [4.78, 5) is 15.7. The van der Waals surface area contributed by atoms with Crippen LogP contribution >= 0.6 is 0 Å². The van der Waals surface area contributed by atoms with Gasteiger partial charge in [0.15, 0.2) is 19.6 Å². The fourth-order valence-corrected chi connectivity index (χ4v) is 3.33. The van der Waals surface area contributed by atoms with Crippen LogP contribution in [0.5, 0.6) is 17.2 Å². The lowest BCUT2D eigenvalue weighted by Crippen LogP contribution is -2.32. The molecule has 2 heterocycles. The minimum absolute atomic E-state index is 0.274. The molecule has 148 valence electrons. The van der Waals surface area contributed by atoms with E-state index in [1.807, 2.05) is 41.2 Å². The van der Waals surface area contributed by atoms with Crippen LogP contribution in [0.2, 0.25) is 0 Å². The minimum Gasteiger partial charge on any atom is -0.497 e. The van der Waals surface area contributed by atoms with E-state index in [9.17, 15) is 4.79 Å². The summed E-state index contributed by atoms with van der Waals surface area (Å²) in [6.45, 7) is 1.61. The van der Waals surface area contributed by atoms with Gasteiger partial charge >= 0.3 is 5.76 Å². The minimum atomic E-state index is -0.607. The fourth-order valence-electron chi connectivity index (χ4n) is 3.33. The molecule has 0 bridgehead atoms. The number of rotatable bonds is 7. The Kier molecular flexibility index (Phi) is 5.57. The van der Waals surface area contributed by atoms with E-state index in [0.29, 0.717) is 29.4 Å². The van der Waals surface area contributed by atoms with Gasteiger partial charge < -0.3 is 19.6 Å². The Morgan fingerprint density at radius 3 is 2.72 bits per heavy atom. The second kappa shape index (κ2) is 8.44. The van der Waals surface area contributed by atoms with Crippen molar-refractivity contribution in [2.45, 2.75) is 18.9 Å². The highest BCUT2D eigenvalue weighted by Gasteiger charge is 2.20. The summed E-state index contributed by atoms with van der Waals surface area (Å²) >= 11 is 0. The molecule has 1 fully saturated rings. The number of hydrogen-bond acceptors (Lipinski definition) is 7. The molecule has 0 aliphatic carbocycles. The smallest absolute Gasteiger partial charge is 0.439 e. The van der Waals surface area contributed by atoms with Crippen molar-refractivity contribution in [2.75, 3.05) is 25.5 Å². The molecule has 1 aliphatic rings. The van der Waals surface area contributed by atoms with Gasteiger partial charge in [-0.3, -0.25) is 9.51 Å². The number of nitrogens with zero attached hydrogens (tertiary/aromatic N) is 2. The predicted octanol–water partition coefficient (Wildman–Crippen LogP) is 2.79. The summed E-state index contributed by atoms with van der Waals surface area (Å²) < 4.78 is 15.9. The third kappa shape index (κ3) is 4.46. The van der Waals surface area contributed by atoms with Crippen LogP contribution in [0.3, 0.4) is 0 Å². The van der Waals surface area contributed by atoms with Gasteiger partial charge in [0.1, 0.15) is 11.5 Å². The lowest BCUT2D eigenvalue weighted by atomic mass is 10.1. The van der Waals surface area contributed by atoms with Gasteiger partial charge in [-0.05, 0) is 61.9 Å². The summed E-state index contributed by atoms with van der Waals surface area (Å²) in [6.07, 6.45) is 2.15. The van der Waals surface area contributed by atoms with Gasteiger partial charge in [-0.25, -0.2) is 4.79 Å². The monoisotopic (exact) mass is 392 g/mol. The first-order valence-electron chi connectivity index (χ1n) is 9.40. The Hall–Kier alpha value is -3.20. The molecular formula is C20H21BN4O4. The Balaban J connectivity index is 1.60.